The molecule has 2 N–H and O–H groups in total. The van der Waals surface area contributed by atoms with Crippen LogP contribution in [0, 0.1) is 0 Å². The van der Waals surface area contributed by atoms with Crippen LogP contribution >= 0.6 is 0 Å². The number of H-pyrrole nitrogens is 1. The average molecular weight is 316 g/mol. The molecule has 0 aliphatic heterocycles. The number of nitrogens with one attached hydrogen (secondary N) is 1. The Labute approximate surface area is 140 Å². The number of fused-ring (bicyclic) bond motifs is 1. The highest BCUT2D eigenvalue weighted by molar-refractivity contribution is 5.96. The lowest BCUT2D eigenvalue weighted by Crippen LogP contribution is -2.28. The first kappa shape index (κ1) is 14.5. The second-order valence-corrected chi connectivity index (χ2v) is 5.81. The van der Waals surface area contributed by atoms with E-state index in [0.29, 0.717) is 0 Å². The molecular weight excluding hydrogens is 298 g/mol. The van der Waals surface area contributed by atoms with Crippen molar-refractivity contribution in [3.8, 4) is 22.3 Å². The topological polar surface area (TPSA) is 52.8 Å². The second kappa shape index (κ2) is 5.81. The number of aryl methyl sites for hydroxylation is 1. The number of nitrogens with zero attached hydrogens (tertiary/aromatic N) is 2. The molecule has 0 amide bonds. The zero-order valence-electron chi connectivity index (χ0n) is 13.4. The first-order valence-corrected chi connectivity index (χ1v) is 8.02. The molecule has 0 atom stereocenters. The SMILES string of the molecule is CCc1ccccc1-c1c[nH]c2ncc(-c3ccc[n+](O)c3)cc12. The normalized spacial score (nSPS) is 11.0. The van der Waals surface area contributed by atoms with E-state index in [1.54, 1.807) is 12.4 Å². The van der Waals surface area contributed by atoms with Gasteiger partial charge < -0.3 is 4.98 Å². The van der Waals surface area contributed by atoms with Crippen LogP contribution in [0.1, 0.15) is 12.5 Å². The smallest absolute Gasteiger partial charge is 0.230 e. The molecule has 3 heterocycles. The molecule has 0 radical (unpaired) electrons. The van der Waals surface area contributed by atoms with E-state index in [1.807, 2.05) is 24.5 Å². The summed E-state index contributed by atoms with van der Waals surface area (Å²) < 4.78 is 1.06. The van der Waals surface area contributed by atoms with Gasteiger partial charge in [0.15, 0.2) is 0 Å². The van der Waals surface area contributed by atoms with Crippen LogP contribution in [-0.4, -0.2) is 15.2 Å². The van der Waals surface area contributed by atoms with Crippen LogP contribution in [-0.2, 0) is 6.42 Å². The maximum Gasteiger partial charge on any atom is 0.230 e. The Hall–Kier alpha value is -3.14. The fourth-order valence-electron chi connectivity index (χ4n) is 3.11. The van der Waals surface area contributed by atoms with Crippen molar-refractivity contribution in [1.29, 1.82) is 0 Å². The van der Waals surface area contributed by atoms with Crippen LogP contribution in [0.2, 0.25) is 0 Å². The van der Waals surface area contributed by atoms with Gasteiger partial charge in [0.2, 0.25) is 12.4 Å². The quantitative estimate of drug-likeness (QED) is 0.443. The summed E-state index contributed by atoms with van der Waals surface area (Å²) in [6.45, 7) is 2.17. The Morgan fingerprint density at radius 3 is 2.79 bits per heavy atom. The van der Waals surface area contributed by atoms with Crippen LogP contribution in [0.15, 0.2) is 67.3 Å². The minimum Gasteiger partial charge on any atom is -0.346 e. The molecule has 0 spiro atoms. The van der Waals surface area contributed by atoms with Gasteiger partial charge >= 0.3 is 0 Å². The van der Waals surface area contributed by atoms with E-state index in [1.165, 1.54) is 11.1 Å². The van der Waals surface area contributed by atoms with Gasteiger partial charge in [-0.2, -0.15) is 0 Å². The molecule has 0 aliphatic carbocycles. The monoisotopic (exact) mass is 316 g/mol. The van der Waals surface area contributed by atoms with E-state index >= 15 is 0 Å². The van der Waals surface area contributed by atoms with Crippen molar-refractivity contribution in [2.45, 2.75) is 13.3 Å². The van der Waals surface area contributed by atoms with Gasteiger partial charge in [-0.3, -0.25) is 5.21 Å². The highest BCUT2D eigenvalue weighted by atomic mass is 16.5. The third-order valence-electron chi connectivity index (χ3n) is 4.34. The van der Waals surface area contributed by atoms with Gasteiger partial charge in [-0.1, -0.05) is 31.2 Å². The molecule has 4 nitrogen and oxygen atoms in total. The van der Waals surface area contributed by atoms with E-state index < -0.39 is 0 Å². The molecule has 24 heavy (non-hydrogen) atoms. The van der Waals surface area contributed by atoms with Gasteiger partial charge in [-0.15, -0.1) is 0 Å². The average Bonchev–Trinajstić information content (AvgIpc) is 3.04. The largest absolute Gasteiger partial charge is 0.346 e. The Morgan fingerprint density at radius 2 is 1.96 bits per heavy atom. The summed E-state index contributed by atoms with van der Waals surface area (Å²) in [5, 5.41) is 10.7. The van der Waals surface area contributed by atoms with Crippen molar-refractivity contribution in [3.05, 3.63) is 72.8 Å². The second-order valence-electron chi connectivity index (χ2n) is 5.81. The van der Waals surface area contributed by atoms with Crippen molar-refractivity contribution < 1.29 is 9.94 Å². The van der Waals surface area contributed by atoms with Crippen LogP contribution in [0.3, 0.4) is 0 Å². The maximum absolute atomic E-state index is 9.64. The minimum absolute atomic E-state index is 0.868. The molecule has 118 valence electrons. The molecule has 4 rings (SSSR count). The number of pyridine rings is 2. The summed E-state index contributed by atoms with van der Waals surface area (Å²) in [7, 11) is 0. The van der Waals surface area contributed by atoms with Crippen molar-refractivity contribution in [1.82, 2.24) is 9.97 Å². The molecule has 4 heteroatoms. The molecule has 0 fully saturated rings. The summed E-state index contributed by atoms with van der Waals surface area (Å²) in [4.78, 5) is 7.80. The third kappa shape index (κ3) is 2.42. The molecule has 1 aromatic carbocycles. The maximum atomic E-state index is 9.64. The van der Waals surface area contributed by atoms with E-state index in [4.69, 9.17) is 0 Å². The Balaban J connectivity index is 1.91. The number of hydrogen-bond acceptors (Lipinski definition) is 2. The van der Waals surface area contributed by atoms with Crippen LogP contribution in [0.25, 0.3) is 33.3 Å². The lowest BCUT2D eigenvalue weighted by atomic mass is 9.97. The fraction of sp³-hybridized carbons (Fsp3) is 0.100. The van der Waals surface area contributed by atoms with Crippen LogP contribution < -0.4 is 4.73 Å². The lowest BCUT2D eigenvalue weighted by molar-refractivity contribution is -0.904. The lowest BCUT2D eigenvalue weighted by Gasteiger charge is -2.07. The first-order chi connectivity index (χ1) is 11.8. The molecule has 4 aromatic rings. The number of rotatable bonds is 3. The Morgan fingerprint density at radius 1 is 1.08 bits per heavy atom. The molecular formula is C20H18N3O+. The number of aromatic amines is 1. The van der Waals surface area contributed by atoms with Gasteiger partial charge in [0, 0.05) is 39.7 Å². The number of benzene rings is 1. The van der Waals surface area contributed by atoms with E-state index in [0.717, 1.165) is 38.9 Å². The third-order valence-corrected chi connectivity index (χ3v) is 4.34. The highest BCUT2D eigenvalue weighted by Crippen LogP contribution is 2.32. The molecule has 3 aromatic heterocycles. The molecule has 0 saturated carbocycles. The first-order valence-electron chi connectivity index (χ1n) is 8.02. The molecule has 0 aliphatic rings. The molecule has 0 bridgehead atoms. The van der Waals surface area contributed by atoms with Gasteiger partial charge in [-0.05, 0) is 29.7 Å². The summed E-state index contributed by atoms with van der Waals surface area (Å²) in [5.74, 6) is 0. The van der Waals surface area contributed by atoms with Crippen molar-refractivity contribution in [2.75, 3.05) is 0 Å². The predicted octanol–water partition coefficient (Wildman–Crippen LogP) is 3.98. The van der Waals surface area contributed by atoms with Gasteiger partial charge in [0.05, 0.1) is 5.56 Å². The van der Waals surface area contributed by atoms with Crippen molar-refractivity contribution in [3.63, 3.8) is 0 Å². The summed E-state index contributed by atoms with van der Waals surface area (Å²) in [5.41, 5.74) is 6.47. The highest BCUT2D eigenvalue weighted by Gasteiger charge is 2.12. The van der Waals surface area contributed by atoms with Crippen LogP contribution in [0.5, 0.6) is 0 Å². The Kier molecular flexibility index (Phi) is 3.50. The molecule has 0 saturated heterocycles. The van der Waals surface area contributed by atoms with Gasteiger partial charge in [-0.25, -0.2) is 4.98 Å². The van der Waals surface area contributed by atoms with Gasteiger partial charge in [0.25, 0.3) is 0 Å². The van der Waals surface area contributed by atoms with E-state index in [9.17, 15) is 5.21 Å². The predicted molar refractivity (Wildman–Crippen MR) is 93.7 cm³/mol. The fourth-order valence-corrected chi connectivity index (χ4v) is 3.11. The van der Waals surface area contributed by atoms with E-state index in [-0.39, 0.29) is 0 Å². The standard InChI is InChI=1S/C20H18N3O/c1-2-14-6-3-4-8-17(14)19-12-22-20-18(19)10-16(11-21-20)15-7-5-9-23(24)13-15/h3-13,24H,2H2,1H3,(H,21,22)/q+1. The van der Waals surface area contributed by atoms with Crippen LogP contribution in [0.4, 0.5) is 0 Å². The summed E-state index contributed by atoms with van der Waals surface area (Å²) in [6.07, 6.45) is 8.10. The zero-order valence-corrected chi connectivity index (χ0v) is 13.4. The summed E-state index contributed by atoms with van der Waals surface area (Å²) >= 11 is 0. The van der Waals surface area contributed by atoms with Crippen molar-refractivity contribution in [2.24, 2.45) is 0 Å². The van der Waals surface area contributed by atoms with E-state index in [2.05, 4.69) is 47.2 Å². The number of aromatic nitrogens is 3. The minimum atomic E-state index is 0.868. The zero-order chi connectivity index (χ0) is 16.5. The van der Waals surface area contributed by atoms with Gasteiger partial charge in [0.1, 0.15) is 5.65 Å². The van der Waals surface area contributed by atoms with Crippen molar-refractivity contribution >= 4 is 11.0 Å². The Bertz CT molecular complexity index is 1020. The number of hydrogen-bond donors (Lipinski definition) is 2. The molecule has 0 unspecified atom stereocenters. The summed E-state index contributed by atoms with van der Waals surface area (Å²) in [6, 6.07) is 14.3.